The zero-order chi connectivity index (χ0) is 25.4. The first-order valence-corrected chi connectivity index (χ1v) is 12.2. The maximum Gasteiger partial charge on any atom is 0.306 e. The van der Waals surface area contributed by atoms with E-state index in [1.807, 2.05) is 30.3 Å². The molecule has 1 aromatic heterocycles. The second-order valence-electron chi connectivity index (χ2n) is 7.22. The first-order chi connectivity index (χ1) is 16.8. The summed E-state index contributed by atoms with van der Waals surface area (Å²) in [7, 11) is 0. The van der Waals surface area contributed by atoms with E-state index in [0.29, 0.717) is 4.47 Å². The largest absolute Gasteiger partial charge is 0.485 e. The molecule has 0 atom stereocenters. The Hall–Kier alpha value is -2.94. The lowest BCUT2D eigenvalue weighted by Gasteiger charge is -2.15. The number of hydrogen-bond acceptors (Lipinski definition) is 6. The van der Waals surface area contributed by atoms with Crippen LogP contribution in [0.15, 0.2) is 59.1 Å². The van der Waals surface area contributed by atoms with Crippen molar-refractivity contribution in [2.45, 2.75) is 26.4 Å². The maximum absolute atomic E-state index is 13.0. The van der Waals surface area contributed by atoms with Gasteiger partial charge in [0.1, 0.15) is 12.4 Å². The molecule has 0 unspecified atom stereocenters. The predicted molar refractivity (Wildman–Crippen MR) is 137 cm³/mol. The second-order valence-corrected chi connectivity index (χ2v) is 8.89. The molecule has 0 aliphatic heterocycles. The molecule has 1 N–H and O–H groups in total. The summed E-state index contributed by atoms with van der Waals surface area (Å²) >= 11 is 15.7. The zero-order valence-electron chi connectivity index (χ0n) is 18.6. The molecular weight excluding hydrogens is 559 g/mol. The van der Waals surface area contributed by atoms with Crippen LogP contribution < -0.4 is 10.1 Å². The summed E-state index contributed by atoms with van der Waals surface area (Å²) in [6.45, 7) is 2.08. The van der Waals surface area contributed by atoms with Crippen molar-refractivity contribution in [3.05, 3.63) is 85.9 Å². The van der Waals surface area contributed by atoms with Crippen LogP contribution in [0.3, 0.4) is 0 Å². The van der Waals surface area contributed by atoms with Gasteiger partial charge >= 0.3 is 5.97 Å². The van der Waals surface area contributed by atoms with Crippen LogP contribution in [-0.4, -0.2) is 29.3 Å². The number of ether oxygens (including phenoxy) is 2. The molecule has 1 heterocycles. The van der Waals surface area contributed by atoms with E-state index in [1.54, 1.807) is 13.0 Å². The minimum absolute atomic E-state index is 0.0415. The smallest absolute Gasteiger partial charge is 0.306 e. The number of ketones is 1. The SMILES string of the molecule is CCOC(=O)CCC(=O)c1nc(NC(=O)c2c(Cl)cccc2Cl)cc(Br)c1OCc1ccccc1. The summed E-state index contributed by atoms with van der Waals surface area (Å²) in [6, 6.07) is 15.6. The summed E-state index contributed by atoms with van der Waals surface area (Å²) in [6.07, 6.45) is -0.260. The molecule has 3 aromatic rings. The van der Waals surface area contributed by atoms with Gasteiger partial charge in [-0.3, -0.25) is 14.4 Å². The van der Waals surface area contributed by atoms with E-state index in [-0.39, 0.29) is 58.9 Å². The van der Waals surface area contributed by atoms with E-state index in [1.165, 1.54) is 18.2 Å². The predicted octanol–water partition coefficient (Wildman–Crippen LogP) is 6.51. The number of hydrogen-bond donors (Lipinski definition) is 1. The molecule has 0 radical (unpaired) electrons. The Balaban J connectivity index is 1.90. The van der Waals surface area contributed by atoms with Gasteiger partial charge < -0.3 is 14.8 Å². The molecule has 0 aliphatic rings. The van der Waals surface area contributed by atoms with E-state index < -0.39 is 17.7 Å². The number of Topliss-reactive ketones (excluding diaryl/α,β-unsaturated/α-hetero) is 1. The van der Waals surface area contributed by atoms with Crippen molar-refractivity contribution in [3.8, 4) is 5.75 Å². The van der Waals surface area contributed by atoms with E-state index in [0.717, 1.165) is 5.56 Å². The molecule has 7 nitrogen and oxygen atoms in total. The van der Waals surface area contributed by atoms with Crippen molar-refractivity contribution >= 4 is 62.6 Å². The number of amides is 1. The molecule has 0 fully saturated rings. The number of halogens is 3. The second kappa shape index (κ2) is 12.7. The van der Waals surface area contributed by atoms with Crippen molar-refractivity contribution in [1.29, 1.82) is 0 Å². The summed E-state index contributed by atoms with van der Waals surface area (Å²) in [5, 5.41) is 2.95. The fourth-order valence-electron chi connectivity index (χ4n) is 3.08. The molecular formula is C25H21BrCl2N2O5. The number of rotatable bonds is 10. The molecule has 3 rings (SSSR count). The van der Waals surface area contributed by atoms with Crippen molar-refractivity contribution < 1.29 is 23.9 Å². The third-order valence-corrected chi connectivity index (χ3v) is 5.93. The van der Waals surface area contributed by atoms with Crippen LogP contribution in [0.4, 0.5) is 5.82 Å². The highest BCUT2D eigenvalue weighted by Gasteiger charge is 2.23. The molecule has 0 spiro atoms. The minimum atomic E-state index is -0.595. The zero-order valence-corrected chi connectivity index (χ0v) is 21.7. The third kappa shape index (κ3) is 7.27. The molecule has 2 aromatic carbocycles. The third-order valence-electron chi connectivity index (χ3n) is 4.71. The Morgan fingerprint density at radius 1 is 1.00 bits per heavy atom. The van der Waals surface area contributed by atoms with Crippen LogP contribution in [0.5, 0.6) is 5.75 Å². The monoisotopic (exact) mass is 578 g/mol. The Morgan fingerprint density at radius 3 is 2.34 bits per heavy atom. The van der Waals surface area contributed by atoms with Gasteiger partial charge in [-0.25, -0.2) is 4.98 Å². The standard InChI is InChI=1S/C25H21BrCl2N2O5/c1-2-34-21(32)12-11-19(31)23-24(35-14-15-7-4-3-5-8-15)16(26)13-20(29-23)30-25(33)22-17(27)9-6-10-18(22)28/h3-10,13H,2,11-12,14H2,1H3,(H,29,30,33). The summed E-state index contributed by atoms with van der Waals surface area (Å²) < 4.78 is 11.2. The van der Waals surface area contributed by atoms with Gasteiger partial charge in [0, 0.05) is 6.42 Å². The van der Waals surface area contributed by atoms with Gasteiger partial charge in [0.2, 0.25) is 0 Å². The average molecular weight is 580 g/mol. The molecule has 0 saturated carbocycles. The normalized spacial score (nSPS) is 10.5. The van der Waals surface area contributed by atoms with Gasteiger partial charge in [-0.15, -0.1) is 0 Å². The van der Waals surface area contributed by atoms with Crippen molar-refractivity contribution in [3.63, 3.8) is 0 Å². The van der Waals surface area contributed by atoms with Crippen molar-refractivity contribution in [2.75, 3.05) is 11.9 Å². The Kier molecular flexibility index (Phi) is 9.65. The van der Waals surface area contributed by atoms with Gasteiger partial charge in [-0.05, 0) is 46.6 Å². The van der Waals surface area contributed by atoms with Gasteiger partial charge in [-0.1, -0.05) is 59.6 Å². The lowest BCUT2D eigenvalue weighted by Crippen LogP contribution is -2.17. The summed E-state index contributed by atoms with van der Waals surface area (Å²) in [4.78, 5) is 41.9. The minimum Gasteiger partial charge on any atom is -0.485 e. The Morgan fingerprint density at radius 2 is 1.69 bits per heavy atom. The summed E-state index contributed by atoms with van der Waals surface area (Å²) in [5.41, 5.74) is 0.920. The van der Waals surface area contributed by atoms with Crippen LogP contribution in [0.2, 0.25) is 10.0 Å². The molecule has 182 valence electrons. The van der Waals surface area contributed by atoms with Gasteiger partial charge in [0.15, 0.2) is 17.2 Å². The van der Waals surface area contributed by atoms with E-state index in [9.17, 15) is 14.4 Å². The van der Waals surface area contributed by atoms with Gasteiger partial charge in [0.05, 0.1) is 33.1 Å². The number of nitrogens with one attached hydrogen (secondary N) is 1. The van der Waals surface area contributed by atoms with Crippen molar-refractivity contribution in [2.24, 2.45) is 0 Å². The quantitative estimate of drug-likeness (QED) is 0.217. The van der Waals surface area contributed by atoms with E-state index in [2.05, 4.69) is 26.2 Å². The molecule has 35 heavy (non-hydrogen) atoms. The fraction of sp³-hybridized carbons (Fsp3) is 0.200. The number of aromatic nitrogens is 1. The molecule has 0 aliphatic carbocycles. The Labute approximate surface area is 220 Å². The van der Waals surface area contributed by atoms with Crippen LogP contribution in [0, 0.1) is 0 Å². The first-order valence-electron chi connectivity index (χ1n) is 10.6. The van der Waals surface area contributed by atoms with Crippen LogP contribution in [0.1, 0.15) is 46.2 Å². The number of anilines is 1. The fourth-order valence-corrected chi connectivity index (χ4v) is 4.17. The molecule has 10 heteroatoms. The number of esters is 1. The van der Waals surface area contributed by atoms with Crippen LogP contribution in [0.25, 0.3) is 0 Å². The number of benzene rings is 2. The topological polar surface area (TPSA) is 94.6 Å². The van der Waals surface area contributed by atoms with Gasteiger partial charge in [0.25, 0.3) is 5.91 Å². The lowest BCUT2D eigenvalue weighted by atomic mass is 10.1. The first kappa shape index (κ1) is 26.7. The highest BCUT2D eigenvalue weighted by molar-refractivity contribution is 9.10. The van der Waals surface area contributed by atoms with Gasteiger partial charge in [-0.2, -0.15) is 0 Å². The van der Waals surface area contributed by atoms with E-state index in [4.69, 9.17) is 32.7 Å². The average Bonchev–Trinajstić information content (AvgIpc) is 2.82. The highest BCUT2D eigenvalue weighted by Crippen LogP contribution is 2.33. The van der Waals surface area contributed by atoms with Crippen LogP contribution in [-0.2, 0) is 16.1 Å². The number of carbonyl (C=O) groups is 3. The molecule has 1 amide bonds. The highest BCUT2D eigenvalue weighted by atomic mass is 79.9. The number of pyridine rings is 1. The maximum atomic E-state index is 13.0. The van der Waals surface area contributed by atoms with E-state index >= 15 is 0 Å². The number of carbonyl (C=O) groups excluding carboxylic acids is 3. The number of nitrogens with zero attached hydrogens (tertiary/aromatic N) is 1. The lowest BCUT2D eigenvalue weighted by molar-refractivity contribution is -0.143. The molecule has 0 saturated heterocycles. The Bertz CT molecular complexity index is 1220. The summed E-state index contributed by atoms with van der Waals surface area (Å²) in [5.74, 6) is -1.28. The molecule has 0 bridgehead atoms. The van der Waals surface area contributed by atoms with Crippen LogP contribution >= 0.6 is 39.1 Å². The van der Waals surface area contributed by atoms with Crippen molar-refractivity contribution in [1.82, 2.24) is 4.98 Å².